The van der Waals surface area contributed by atoms with Gasteiger partial charge in [0.05, 0.1) is 16.3 Å². The summed E-state index contributed by atoms with van der Waals surface area (Å²) >= 11 is 0. The number of carbonyl (C=O) groups excluding carboxylic acids is 2. The lowest BCUT2D eigenvalue weighted by Crippen LogP contribution is -2.52. The van der Waals surface area contributed by atoms with E-state index in [4.69, 9.17) is 4.42 Å². The van der Waals surface area contributed by atoms with Gasteiger partial charge >= 0.3 is 5.76 Å². The van der Waals surface area contributed by atoms with Gasteiger partial charge in [-0.2, -0.15) is 4.31 Å². The van der Waals surface area contributed by atoms with Crippen molar-refractivity contribution < 1.29 is 22.4 Å². The van der Waals surface area contributed by atoms with Crippen molar-refractivity contribution in [3.63, 3.8) is 0 Å². The molecule has 10 nitrogen and oxygen atoms in total. The molecule has 2 aliphatic heterocycles. The number of rotatable bonds is 4. The number of sulfonamides is 1. The van der Waals surface area contributed by atoms with Crippen LogP contribution >= 0.6 is 0 Å². The van der Waals surface area contributed by atoms with Gasteiger partial charge in [0, 0.05) is 57.9 Å². The Labute approximate surface area is 202 Å². The van der Waals surface area contributed by atoms with Crippen molar-refractivity contribution in [2.45, 2.75) is 18.2 Å². The minimum absolute atomic E-state index is 0.0363. The lowest BCUT2D eigenvalue weighted by Gasteiger charge is -2.35. The average Bonchev–Trinajstić information content (AvgIpc) is 3.38. The molecule has 1 aromatic heterocycles. The van der Waals surface area contributed by atoms with Gasteiger partial charge in [0.2, 0.25) is 21.8 Å². The zero-order valence-corrected chi connectivity index (χ0v) is 20.3. The second kappa shape index (κ2) is 8.65. The molecule has 2 amide bonds. The number of aryl methyl sites for hydroxylation is 2. The molecule has 2 aliphatic rings. The molecule has 2 aromatic carbocycles. The SMILES string of the molecule is Cc1ccc(N2C[C@@H](C(=O)N3CCN(S(=O)(=O)c4ccc5c(c4)oc(=O)n5C)CC3)CC2=O)cc1. The summed E-state index contributed by atoms with van der Waals surface area (Å²) in [5.74, 6) is -1.22. The normalized spacial score (nSPS) is 19.6. The lowest BCUT2D eigenvalue weighted by molar-refractivity contribution is -0.136. The molecule has 3 heterocycles. The second-order valence-corrected chi connectivity index (χ2v) is 11.0. The van der Waals surface area contributed by atoms with Crippen LogP contribution in [0.3, 0.4) is 0 Å². The number of anilines is 1. The molecule has 35 heavy (non-hydrogen) atoms. The van der Waals surface area contributed by atoms with Crippen LogP contribution in [0, 0.1) is 12.8 Å². The first-order valence-electron chi connectivity index (χ1n) is 11.4. The second-order valence-electron chi connectivity index (χ2n) is 9.03. The molecular weight excluding hydrogens is 472 g/mol. The molecule has 0 radical (unpaired) electrons. The summed E-state index contributed by atoms with van der Waals surface area (Å²) in [4.78, 5) is 40.7. The summed E-state index contributed by atoms with van der Waals surface area (Å²) in [5.41, 5.74) is 2.58. The minimum Gasteiger partial charge on any atom is -0.408 e. The van der Waals surface area contributed by atoms with E-state index in [-0.39, 0.29) is 54.9 Å². The van der Waals surface area contributed by atoms with Gasteiger partial charge in [-0.1, -0.05) is 17.7 Å². The Morgan fingerprint density at radius 3 is 2.37 bits per heavy atom. The molecular formula is C24H26N4O6S. The lowest BCUT2D eigenvalue weighted by atomic mass is 10.1. The molecule has 0 unspecified atom stereocenters. The number of piperazine rings is 1. The van der Waals surface area contributed by atoms with Crippen molar-refractivity contribution in [1.29, 1.82) is 0 Å². The van der Waals surface area contributed by atoms with Crippen LogP contribution in [0.5, 0.6) is 0 Å². The number of carbonyl (C=O) groups is 2. The number of hydrogen-bond donors (Lipinski definition) is 0. The van der Waals surface area contributed by atoms with Crippen molar-refractivity contribution in [3.8, 4) is 0 Å². The van der Waals surface area contributed by atoms with Crippen LogP contribution in [-0.4, -0.2) is 66.7 Å². The van der Waals surface area contributed by atoms with Crippen molar-refractivity contribution in [2.75, 3.05) is 37.6 Å². The van der Waals surface area contributed by atoms with E-state index in [1.165, 1.54) is 21.0 Å². The van der Waals surface area contributed by atoms with Crippen molar-refractivity contribution >= 4 is 38.6 Å². The maximum Gasteiger partial charge on any atom is 0.419 e. The Kier molecular flexibility index (Phi) is 5.76. The summed E-state index contributed by atoms with van der Waals surface area (Å²) in [6.07, 6.45) is 0.146. The third-order valence-corrected chi connectivity index (χ3v) is 8.67. The van der Waals surface area contributed by atoms with Gasteiger partial charge in [-0.05, 0) is 31.2 Å². The van der Waals surface area contributed by atoms with Crippen LogP contribution in [0.25, 0.3) is 11.1 Å². The predicted molar refractivity (Wildman–Crippen MR) is 128 cm³/mol. The highest BCUT2D eigenvalue weighted by Crippen LogP contribution is 2.28. The molecule has 0 bridgehead atoms. The smallest absolute Gasteiger partial charge is 0.408 e. The number of benzene rings is 2. The Morgan fingerprint density at radius 1 is 1.00 bits per heavy atom. The summed E-state index contributed by atoms with van der Waals surface area (Å²) < 4.78 is 34.1. The molecule has 2 saturated heterocycles. The molecule has 11 heteroatoms. The Balaban J connectivity index is 1.24. The summed E-state index contributed by atoms with van der Waals surface area (Å²) in [6.45, 7) is 3.08. The van der Waals surface area contributed by atoms with Crippen LogP contribution in [0.4, 0.5) is 5.69 Å². The zero-order valence-electron chi connectivity index (χ0n) is 19.5. The number of nitrogens with zero attached hydrogens (tertiary/aromatic N) is 4. The maximum atomic E-state index is 13.2. The van der Waals surface area contributed by atoms with Crippen molar-refractivity contribution in [3.05, 3.63) is 58.6 Å². The van der Waals surface area contributed by atoms with Gasteiger partial charge in [0.25, 0.3) is 0 Å². The Hall–Kier alpha value is -3.44. The summed E-state index contributed by atoms with van der Waals surface area (Å²) in [5, 5.41) is 0. The molecule has 5 rings (SSSR count). The first kappa shape index (κ1) is 23.3. The topological polar surface area (TPSA) is 113 Å². The first-order valence-corrected chi connectivity index (χ1v) is 12.8. The van der Waals surface area contributed by atoms with Crippen LogP contribution in [0.1, 0.15) is 12.0 Å². The summed E-state index contributed by atoms with van der Waals surface area (Å²) in [7, 11) is -2.27. The van der Waals surface area contributed by atoms with Gasteiger partial charge in [0.15, 0.2) is 5.58 Å². The Bertz CT molecular complexity index is 1470. The van der Waals surface area contributed by atoms with Crippen LogP contribution in [-0.2, 0) is 26.7 Å². The van der Waals surface area contributed by atoms with Crippen LogP contribution < -0.4 is 10.7 Å². The predicted octanol–water partition coefficient (Wildman–Crippen LogP) is 1.33. The minimum atomic E-state index is -3.82. The maximum absolute atomic E-state index is 13.2. The van der Waals surface area contributed by atoms with Crippen LogP contribution in [0.2, 0.25) is 0 Å². The highest BCUT2D eigenvalue weighted by Gasteiger charge is 2.39. The van der Waals surface area contributed by atoms with E-state index >= 15 is 0 Å². The van der Waals surface area contributed by atoms with E-state index in [2.05, 4.69) is 0 Å². The third kappa shape index (κ3) is 4.14. The quantitative estimate of drug-likeness (QED) is 0.536. The van der Waals surface area contributed by atoms with Crippen molar-refractivity contribution in [2.24, 2.45) is 13.0 Å². The molecule has 184 valence electrons. The van der Waals surface area contributed by atoms with Gasteiger partial charge in [-0.15, -0.1) is 0 Å². The molecule has 0 aliphatic carbocycles. The first-order chi connectivity index (χ1) is 16.6. The van der Waals surface area contributed by atoms with Gasteiger partial charge < -0.3 is 14.2 Å². The van der Waals surface area contributed by atoms with E-state index in [9.17, 15) is 22.8 Å². The van der Waals surface area contributed by atoms with Gasteiger partial charge in [-0.25, -0.2) is 13.2 Å². The van der Waals surface area contributed by atoms with Crippen molar-refractivity contribution in [1.82, 2.24) is 13.8 Å². The molecule has 0 spiro atoms. The molecule has 1 atom stereocenters. The van der Waals surface area contributed by atoms with E-state index in [1.54, 1.807) is 22.9 Å². The van der Waals surface area contributed by atoms with E-state index < -0.39 is 21.7 Å². The van der Waals surface area contributed by atoms with E-state index in [1.807, 2.05) is 31.2 Å². The van der Waals surface area contributed by atoms with Crippen LogP contribution in [0.15, 0.2) is 56.6 Å². The highest BCUT2D eigenvalue weighted by atomic mass is 32.2. The fraction of sp³-hybridized carbons (Fsp3) is 0.375. The molecule has 0 saturated carbocycles. The highest BCUT2D eigenvalue weighted by molar-refractivity contribution is 7.89. The van der Waals surface area contributed by atoms with E-state index in [0.29, 0.717) is 12.1 Å². The molecule has 0 N–H and O–H groups in total. The number of amides is 2. The number of oxazole rings is 1. The van der Waals surface area contributed by atoms with Gasteiger partial charge in [0.1, 0.15) is 0 Å². The third-order valence-electron chi connectivity index (χ3n) is 6.77. The fourth-order valence-corrected chi connectivity index (χ4v) is 6.12. The van der Waals surface area contributed by atoms with E-state index in [0.717, 1.165) is 11.3 Å². The zero-order chi connectivity index (χ0) is 24.9. The number of fused-ring (bicyclic) bond motifs is 1. The largest absolute Gasteiger partial charge is 0.419 e. The molecule has 2 fully saturated rings. The number of hydrogen-bond acceptors (Lipinski definition) is 6. The average molecular weight is 499 g/mol. The number of aromatic nitrogens is 1. The van der Waals surface area contributed by atoms with Gasteiger partial charge in [-0.3, -0.25) is 14.2 Å². The monoisotopic (exact) mass is 498 g/mol. The fourth-order valence-electron chi connectivity index (χ4n) is 4.68. The Morgan fingerprint density at radius 2 is 1.69 bits per heavy atom. The standard InChI is InChI=1S/C24H26N4O6S/c1-16-3-5-18(6-4-16)28-15-17(13-22(28)29)23(30)26-9-11-27(12-10-26)35(32,33)19-7-8-20-21(14-19)34-24(31)25(20)2/h3-8,14,17H,9-13,15H2,1-2H3/t17-/m0/s1. The summed E-state index contributed by atoms with van der Waals surface area (Å²) in [6, 6.07) is 12.0. The molecule has 3 aromatic rings.